The molecule has 2 aliphatic rings. The van der Waals surface area contributed by atoms with Crippen LogP contribution in [0.3, 0.4) is 0 Å². The quantitative estimate of drug-likeness (QED) is 0.763. The van der Waals surface area contributed by atoms with Crippen LogP contribution >= 0.6 is 0 Å². The molecule has 1 heterocycles. The molecule has 0 saturated heterocycles. The van der Waals surface area contributed by atoms with Crippen LogP contribution in [0.1, 0.15) is 85.8 Å². The van der Waals surface area contributed by atoms with Crippen molar-refractivity contribution in [3.05, 3.63) is 33.2 Å². The van der Waals surface area contributed by atoms with Gasteiger partial charge in [-0.05, 0) is 57.1 Å². The second-order valence-corrected chi connectivity index (χ2v) is 8.83. The van der Waals surface area contributed by atoms with E-state index >= 15 is 0 Å². The number of aryl methyl sites for hydroxylation is 1. The van der Waals surface area contributed by atoms with Crippen molar-refractivity contribution in [1.82, 2.24) is 9.88 Å². The Balaban J connectivity index is 1.90. The number of hydrogen-bond acceptors (Lipinski definition) is 4. The standard InChI is InChI=1S/C23H34N2O4/c1-16-14-19(20(26)24-23(22(28)29-3)12-8-5-9-13-23)21(27)25(17(16)2)15-18-10-6-4-7-11-18/h14,18H,4-13,15H2,1-3H3,(H,24,26). The van der Waals surface area contributed by atoms with E-state index in [-0.39, 0.29) is 11.1 Å². The second-order valence-electron chi connectivity index (χ2n) is 8.83. The van der Waals surface area contributed by atoms with Gasteiger partial charge in [0.25, 0.3) is 11.5 Å². The van der Waals surface area contributed by atoms with Gasteiger partial charge in [-0.2, -0.15) is 0 Å². The summed E-state index contributed by atoms with van der Waals surface area (Å²) in [6.07, 6.45) is 9.79. The van der Waals surface area contributed by atoms with Crippen molar-refractivity contribution in [3.8, 4) is 0 Å². The van der Waals surface area contributed by atoms with E-state index in [1.807, 2.05) is 13.8 Å². The number of rotatable bonds is 5. The Morgan fingerprint density at radius 2 is 1.72 bits per heavy atom. The zero-order valence-corrected chi connectivity index (χ0v) is 18.0. The maximum absolute atomic E-state index is 13.2. The van der Waals surface area contributed by atoms with Crippen molar-refractivity contribution in [1.29, 1.82) is 0 Å². The minimum Gasteiger partial charge on any atom is -0.467 e. The van der Waals surface area contributed by atoms with Gasteiger partial charge in [0, 0.05) is 12.2 Å². The van der Waals surface area contributed by atoms with Gasteiger partial charge in [-0.25, -0.2) is 4.79 Å². The average Bonchev–Trinajstić information content (AvgIpc) is 2.74. The molecule has 0 spiro atoms. The van der Waals surface area contributed by atoms with E-state index in [4.69, 9.17) is 4.74 Å². The zero-order valence-electron chi connectivity index (χ0n) is 18.0. The third-order valence-electron chi connectivity index (χ3n) is 6.86. The third kappa shape index (κ3) is 4.57. The summed E-state index contributed by atoms with van der Waals surface area (Å²) in [5.41, 5.74) is 0.673. The first-order chi connectivity index (χ1) is 13.9. The fourth-order valence-corrected chi connectivity index (χ4v) is 4.92. The number of ether oxygens (including phenoxy) is 1. The molecule has 0 unspecified atom stereocenters. The lowest BCUT2D eigenvalue weighted by Crippen LogP contribution is -2.57. The number of nitrogens with zero attached hydrogens (tertiary/aromatic N) is 1. The number of pyridine rings is 1. The van der Waals surface area contributed by atoms with E-state index < -0.39 is 17.4 Å². The Morgan fingerprint density at radius 3 is 2.34 bits per heavy atom. The van der Waals surface area contributed by atoms with Gasteiger partial charge in [0.1, 0.15) is 11.1 Å². The van der Waals surface area contributed by atoms with Crippen LogP contribution in [0.5, 0.6) is 0 Å². The molecular formula is C23H34N2O4. The van der Waals surface area contributed by atoms with Gasteiger partial charge in [-0.3, -0.25) is 9.59 Å². The minimum atomic E-state index is -1.02. The number of nitrogens with one attached hydrogen (secondary N) is 1. The van der Waals surface area contributed by atoms with Gasteiger partial charge in [0.2, 0.25) is 0 Å². The first-order valence-corrected chi connectivity index (χ1v) is 11.0. The molecule has 0 atom stereocenters. The lowest BCUT2D eigenvalue weighted by Gasteiger charge is -2.35. The molecule has 1 amide bonds. The average molecular weight is 403 g/mol. The molecule has 3 rings (SSSR count). The van der Waals surface area contributed by atoms with Crippen molar-refractivity contribution in [2.75, 3.05) is 7.11 Å². The molecular weight excluding hydrogens is 368 g/mol. The topological polar surface area (TPSA) is 77.4 Å². The van der Waals surface area contributed by atoms with Crippen LogP contribution in [0.4, 0.5) is 0 Å². The van der Waals surface area contributed by atoms with Gasteiger partial charge < -0.3 is 14.6 Å². The van der Waals surface area contributed by atoms with Gasteiger partial charge in [-0.15, -0.1) is 0 Å². The van der Waals surface area contributed by atoms with E-state index in [2.05, 4.69) is 5.32 Å². The Hall–Kier alpha value is -2.11. The van der Waals surface area contributed by atoms with Crippen molar-refractivity contribution >= 4 is 11.9 Å². The first-order valence-electron chi connectivity index (χ1n) is 11.0. The predicted octanol–water partition coefficient (Wildman–Crippen LogP) is 3.65. The monoisotopic (exact) mass is 402 g/mol. The van der Waals surface area contributed by atoms with Gasteiger partial charge in [-0.1, -0.05) is 38.5 Å². The molecule has 6 nitrogen and oxygen atoms in total. The summed E-state index contributed by atoms with van der Waals surface area (Å²) in [7, 11) is 1.35. The lowest BCUT2D eigenvalue weighted by atomic mass is 9.81. The molecule has 0 radical (unpaired) electrons. The van der Waals surface area contributed by atoms with Crippen molar-refractivity contribution in [3.63, 3.8) is 0 Å². The molecule has 1 N–H and O–H groups in total. The Morgan fingerprint density at radius 1 is 1.10 bits per heavy atom. The summed E-state index contributed by atoms with van der Waals surface area (Å²) in [4.78, 5) is 38.8. The van der Waals surface area contributed by atoms with Crippen LogP contribution in [-0.2, 0) is 16.1 Å². The summed E-state index contributed by atoms with van der Waals surface area (Å²) in [5, 5.41) is 2.89. The van der Waals surface area contributed by atoms with Crippen LogP contribution in [-0.4, -0.2) is 29.1 Å². The summed E-state index contributed by atoms with van der Waals surface area (Å²) in [6, 6.07) is 1.66. The van der Waals surface area contributed by atoms with Gasteiger partial charge in [0.15, 0.2) is 0 Å². The van der Waals surface area contributed by atoms with Crippen molar-refractivity contribution in [2.24, 2.45) is 5.92 Å². The number of aromatic nitrogens is 1. The number of methoxy groups -OCH3 is 1. The largest absolute Gasteiger partial charge is 0.467 e. The number of hydrogen-bond donors (Lipinski definition) is 1. The molecule has 1 aromatic heterocycles. The Kier molecular flexibility index (Phi) is 6.81. The van der Waals surface area contributed by atoms with Crippen LogP contribution < -0.4 is 10.9 Å². The van der Waals surface area contributed by atoms with Gasteiger partial charge >= 0.3 is 5.97 Å². The molecule has 0 bridgehead atoms. The van der Waals surface area contributed by atoms with E-state index in [1.54, 1.807) is 10.6 Å². The lowest BCUT2D eigenvalue weighted by molar-refractivity contribution is -0.149. The fourth-order valence-electron chi connectivity index (χ4n) is 4.92. The van der Waals surface area contributed by atoms with Crippen molar-refractivity contribution < 1.29 is 14.3 Å². The minimum absolute atomic E-state index is 0.123. The molecule has 6 heteroatoms. The maximum Gasteiger partial charge on any atom is 0.331 e. The molecule has 2 saturated carbocycles. The molecule has 0 aromatic carbocycles. The molecule has 2 fully saturated rings. The first kappa shape index (κ1) is 21.6. The molecule has 29 heavy (non-hydrogen) atoms. The van der Waals surface area contributed by atoms with E-state index in [1.165, 1.54) is 26.4 Å². The SMILES string of the molecule is COC(=O)C1(NC(=O)c2cc(C)c(C)n(CC3CCCCC3)c2=O)CCCCC1. The molecule has 1 aromatic rings. The van der Waals surface area contributed by atoms with E-state index in [0.29, 0.717) is 25.3 Å². The van der Waals surface area contributed by atoms with E-state index in [9.17, 15) is 14.4 Å². The zero-order chi connectivity index (χ0) is 21.0. The summed E-state index contributed by atoms with van der Waals surface area (Å²) in [6.45, 7) is 4.53. The number of carbonyl (C=O) groups is 2. The number of carbonyl (C=O) groups excluding carboxylic acids is 2. The fraction of sp³-hybridized carbons (Fsp3) is 0.696. The normalized spacial score (nSPS) is 19.6. The summed E-state index contributed by atoms with van der Waals surface area (Å²) in [5.74, 6) is -0.405. The highest BCUT2D eigenvalue weighted by molar-refractivity contribution is 5.98. The van der Waals surface area contributed by atoms with Crippen LogP contribution in [0.25, 0.3) is 0 Å². The third-order valence-corrected chi connectivity index (χ3v) is 6.86. The number of esters is 1. The molecule has 160 valence electrons. The van der Waals surface area contributed by atoms with Crippen LogP contribution in [0.2, 0.25) is 0 Å². The smallest absolute Gasteiger partial charge is 0.331 e. The summed E-state index contributed by atoms with van der Waals surface area (Å²) < 4.78 is 6.76. The van der Waals surface area contributed by atoms with Gasteiger partial charge in [0.05, 0.1) is 7.11 Å². The maximum atomic E-state index is 13.2. The highest BCUT2D eigenvalue weighted by Gasteiger charge is 2.42. The highest BCUT2D eigenvalue weighted by Crippen LogP contribution is 2.30. The highest BCUT2D eigenvalue weighted by atomic mass is 16.5. The Bertz CT molecular complexity index is 815. The molecule has 0 aliphatic heterocycles. The predicted molar refractivity (Wildman–Crippen MR) is 112 cm³/mol. The second kappa shape index (κ2) is 9.14. The Labute approximate surface area is 173 Å². The molecule has 2 aliphatic carbocycles. The van der Waals surface area contributed by atoms with Crippen molar-refractivity contribution in [2.45, 2.75) is 90.1 Å². The van der Waals surface area contributed by atoms with Crippen LogP contribution in [0, 0.1) is 19.8 Å². The van der Waals surface area contributed by atoms with E-state index in [0.717, 1.165) is 43.4 Å². The number of amides is 1. The van der Waals surface area contributed by atoms with Crippen LogP contribution in [0.15, 0.2) is 10.9 Å². The summed E-state index contributed by atoms with van der Waals surface area (Å²) >= 11 is 0.